The van der Waals surface area contributed by atoms with E-state index < -0.39 is 0 Å². The van der Waals surface area contributed by atoms with E-state index in [1.165, 1.54) is 13.5 Å². The minimum Gasteiger partial charge on any atom is -0.465 e. The van der Waals surface area contributed by atoms with Crippen LogP contribution in [0.25, 0.3) is 0 Å². The molecule has 0 aliphatic heterocycles. The van der Waals surface area contributed by atoms with Crippen molar-refractivity contribution in [1.29, 1.82) is 0 Å². The summed E-state index contributed by atoms with van der Waals surface area (Å²) in [6.45, 7) is 1.92. The number of esters is 1. The molecule has 20 heavy (non-hydrogen) atoms. The fraction of sp³-hybridized carbons (Fsp3) is 0.500. The smallest absolute Gasteiger partial charge is 0.337 e. The van der Waals surface area contributed by atoms with E-state index in [0.29, 0.717) is 11.3 Å². The van der Waals surface area contributed by atoms with Crippen molar-refractivity contribution in [3.63, 3.8) is 0 Å². The van der Waals surface area contributed by atoms with Gasteiger partial charge in [-0.3, -0.25) is 4.79 Å². The number of ether oxygens (including phenoxy) is 1. The molecule has 0 heterocycles. The van der Waals surface area contributed by atoms with E-state index in [4.69, 9.17) is 4.74 Å². The van der Waals surface area contributed by atoms with Gasteiger partial charge in [0.15, 0.2) is 0 Å². The van der Waals surface area contributed by atoms with E-state index in [1.54, 1.807) is 12.1 Å². The number of methoxy groups -OCH3 is 1. The number of aryl methyl sites for hydroxylation is 1. The highest BCUT2D eigenvalue weighted by Gasteiger charge is 2.48. The highest BCUT2D eigenvalue weighted by atomic mass is 16.5. The number of carbonyl (C=O) groups is 2. The highest BCUT2D eigenvalue weighted by Crippen LogP contribution is 2.54. The summed E-state index contributed by atoms with van der Waals surface area (Å²) in [6.07, 6.45) is 3.35. The summed E-state index contributed by atoms with van der Waals surface area (Å²) in [7, 11) is 1.35. The van der Waals surface area contributed by atoms with E-state index >= 15 is 0 Å². The summed E-state index contributed by atoms with van der Waals surface area (Å²) in [6, 6.07) is 5.23. The molecule has 0 bridgehead atoms. The van der Waals surface area contributed by atoms with Crippen LogP contribution >= 0.6 is 0 Å². The van der Waals surface area contributed by atoms with Crippen LogP contribution < -0.4 is 5.32 Å². The van der Waals surface area contributed by atoms with Crippen LogP contribution in [0.3, 0.4) is 0 Å². The molecule has 2 fully saturated rings. The number of rotatable bonds is 3. The maximum Gasteiger partial charge on any atom is 0.337 e. The maximum absolute atomic E-state index is 12.3. The Morgan fingerprint density at radius 2 is 1.90 bits per heavy atom. The van der Waals surface area contributed by atoms with Gasteiger partial charge in [0.1, 0.15) is 0 Å². The van der Waals surface area contributed by atoms with Crippen molar-refractivity contribution in [3.8, 4) is 0 Å². The molecular formula is C16H19NO3. The standard InChI is InChI=1S/C16H19NO3/c1-9-3-4-10(16(19)20-2)8-14(9)17-15(18)13-6-11-5-12(11)7-13/h3-4,8,11-13H,5-7H2,1-2H3,(H,17,18). The van der Waals surface area contributed by atoms with Crippen molar-refractivity contribution in [2.24, 2.45) is 17.8 Å². The first-order valence-electron chi connectivity index (χ1n) is 7.08. The zero-order chi connectivity index (χ0) is 14.3. The molecule has 3 rings (SSSR count). The second kappa shape index (κ2) is 4.93. The zero-order valence-electron chi connectivity index (χ0n) is 11.8. The summed E-state index contributed by atoms with van der Waals surface area (Å²) in [5, 5.41) is 2.97. The van der Waals surface area contributed by atoms with Crippen LogP contribution in [-0.4, -0.2) is 19.0 Å². The van der Waals surface area contributed by atoms with Crippen LogP contribution in [0, 0.1) is 24.7 Å². The molecule has 4 heteroatoms. The molecule has 2 atom stereocenters. The molecule has 1 aromatic carbocycles. The van der Waals surface area contributed by atoms with Gasteiger partial charge < -0.3 is 10.1 Å². The van der Waals surface area contributed by atoms with Crippen molar-refractivity contribution in [1.82, 2.24) is 0 Å². The topological polar surface area (TPSA) is 55.4 Å². The molecule has 2 aliphatic rings. The Morgan fingerprint density at radius 1 is 1.20 bits per heavy atom. The molecule has 4 nitrogen and oxygen atoms in total. The lowest BCUT2D eigenvalue weighted by molar-refractivity contribution is -0.120. The lowest BCUT2D eigenvalue weighted by Crippen LogP contribution is -2.22. The average molecular weight is 273 g/mol. The molecule has 2 aliphatic carbocycles. The van der Waals surface area contributed by atoms with Gasteiger partial charge in [-0.25, -0.2) is 4.79 Å². The minimum atomic E-state index is -0.386. The molecular weight excluding hydrogens is 254 g/mol. The normalized spacial score (nSPS) is 26.8. The third-order valence-corrected chi connectivity index (χ3v) is 4.53. The van der Waals surface area contributed by atoms with Crippen molar-refractivity contribution >= 4 is 17.6 Å². The third kappa shape index (κ3) is 2.42. The fourth-order valence-corrected chi connectivity index (χ4v) is 3.17. The molecule has 1 amide bonds. The Labute approximate surface area is 118 Å². The van der Waals surface area contributed by atoms with Crippen molar-refractivity contribution < 1.29 is 14.3 Å². The number of nitrogens with one attached hydrogen (secondary N) is 1. The number of carbonyl (C=O) groups excluding carboxylic acids is 2. The van der Waals surface area contributed by atoms with Crippen molar-refractivity contribution in [3.05, 3.63) is 29.3 Å². The first-order valence-corrected chi connectivity index (χ1v) is 7.08. The Bertz CT molecular complexity index is 557. The predicted octanol–water partition coefficient (Wildman–Crippen LogP) is 2.77. The molecule has 0 radical (unpaired) electrons. The van der Waals surface area contributed by atoms with Gasteiger partial charge in [0, 0.05) is 11.6 Å². The van der Waals surface area contributed by atoms with Gasteiger partial charge in [0.2, 0.25) is 5.91 Å². The summed E-state index contributed by atoms with van der Waals surface area (Å²) in [5.41, 5.74) is 2.12. The van der Waals surface area contributed by atoms with Gasteiger partial charge in [-0.1, -0.05) is 6.07 Å². The second-order valence-corrected chi connectivity index (χ2v) is 5.93. The van der Waals surface area contributed by atoms with Crippen LogP contribution in [0.1, 0.15) is 35.2 Å². The Morgan fingerprint density at radius 3 is 2.55 bits per heavy atom. The highest BCUT2D eigenvalue weighted by molar-refractivity contribution is 5.96. The van der Waals surface area contributed by atoms with Gasteiger partial charge in [0.05, 0.1) is 12.7 Å². The molecule has 2 saturated carbocycles. The number of amides is 1. The predicted molar refractivity (Wildman–Crippen MR) is 75.5 cm³/mol. The van der Waals surface area contributed by atoms with E-state index in [9.17, 15) is 9.59 Å². The van der Waals surface area contributed by atoms with Crippen LogP contribution in [0.2, 0.25) is 0 Å². The maximum atomic E-state index is 12.3. The lowest BCUT2D eigenvalue weighted by Gasteiger charge is -2.14. The Kier molecular flexibility index (Phi) is 3.24. The van der Waals surface area contributed by atoms with Gasteiger partial charge in [0.25, 0.3) is 0 Å². The quantitative estimate of drug-likeness (QED) is 0.862. The van der Waals surface area contributed by atoms with Crippen LogP contribution in [0.4, 0.5) is 5.69 Å². The average Bonchev–Trinajstić information content (AvgIpc) is 3.06. The lowest BCUT2D eigenvalue weighted by atomic mass is 10.0. The summed E-state index contributed by atoms with van der Waals surface area (Å²) >= 11 is 0. The molecule has 0 spiro atoms. The van der Waals surface area contributed by atoms with E-state index in [0.717, 1.165) is 30.2 Å². The number of anilines is 1. The second-order valence-electron chi connectivity index (χ2n) is 5.93. The van der Waals surface area contributed by atoms with Gasteiger partial charge in [-0.05, 0) is 55.7 Å². The molecule has 106 valence electrons. The number of hydrogen-bond acceptors (Lipinski definition) is 3. The molecule has 1 aromatic rings. The minimum absolute atomic E-state index is 0.0855. The van der Waals surface area contributed by atoms with Crippen LogP contribution in [0.15, 0.2) is 18.2 Å². The van der Waals surface area contributed by atoms with Crippen LogP contribution in [-0.2, 0) is 9.53 Å². The van der Waals surface area contributed by atoms with Gasteiger partial charge >= 0.3 is 5.97 Å². The molecule has 2 unspecified atom stereocenters. The van der Waals surface area contributed by atoms with Gasteiger partial charge in [-0.2, -0.15) is 0 Å². The largest absolute Gasteiger partial charge is 0.465 e. The SMILES string of the molecule is COC(=O)c1ccc(C)c(NC(=O)C2CC3CC3C2)c1. The number of hydrogen-bond donors (Lipinski definition) is 1. The number of benzene rings is 1. The van der Waals surface area contributed by atoms with E-state index in [2.05, 4.69) is 5.32 Å². The third-order valence-electron chi connectivity index (χ3n) is 4.53. The first kappa shape index (κ1) is 13.2. The first-order chi connectivity index (χ1) is 9.58. The van der Waals surface area contributed by atoms with E-state index in [-0.39, 0.29) is 17.8 Å². The summed E-state index contributed by atoms with van der Waals surface area (Å²) < 4.78 is 4.70. The van der Waals surface area contributed by atoms with E-state index in [1.807, 2.05) is 13.0 Å². The monoisotopic (exact) mass is 273 g/mol. The summed E-state index contributed by atoms with van der Waals surface area (Å²) in [4.78, 5) is 23.8. The van der Waals surface area contributed by atoms with Crippen molar-refractivity contribution in [2.75, 3.05) is 12.4 Å². The molecule has 0 aromatic heterocycles. The van der Waals surface area contributed by atoms with Gasteiger partial charge in [-0.15, -0.1) is 0 Å². The fourth-order valence-electron chi connectivity index (χ4n) is 3.17. The number of fused-ring (bicyclic) bond motifs is 1. The molecule has 1 N–H and O–H groups in total. The summed E-state index contributed by atoms with van der Waals surface area (Å²) in [5.74, 6) is 1.41. The molecule has 0 saturated heterocycles. The zero-order valence-corrected chi connectivity index (χ0v) is 11.8. The Balaban J connectivity index is 1.72. The van der Waals surface area contributed by atoms with Crippen molar-refractivity contribution in [2.45, 2.75) is 26.2 Å². The van der Waals surface area contributed by atoms with Crippen LogP contribution in [0.5, 0.6) is 0 Å². The Hall–Kier alpha value is -1.84.